The van der Waals surface area contributed by atoms with Gasteiger partial charge in [0.15, 0.2) is 0 Å². The molecule has 2 aromatic carbocycles. The summed E-state index contributed by atoms with van der Waals surface area (Å²) in [5.74, 6) is 0.470. The zero-order valence-corrected chi connectivity index (χ0v) is 12.9. The summed E-state index contributed by atoms with van der Waals surface area (Å²) in [6, 6.07) is 18.6. The van der Waals surface area contributed by atoms with Crippen molar-refractivity contribution in [2.24, 2.45) is 0 Å². The van der Waals surface area contributed by atoms with Gasteiger partial charge in [-0.05, 0) is 29.8 Å². The quantitative estimate of drug-likeness (QED) is 0.854. The van der Waals surface area contributed by atoms with Gasteiger partial charge in [-0.3, -0.25) is 0 Å². The van der Waals surface area contributed by atoms with Crippen molar-refractivity contribution in [2.75, 3.05) is 5.75 Å². The lowest BCUT2D eigenvalue weighted by molar-refractivity contribution is 0.602. The van der Waals surface area contributed by atoms with Crippen LogP contribution >= 0.6 is 11.8 Å². The minimum absolute atomic E-state index is 0.355. The van der Waals surface area contributed by atoms with Crippen molar-refractivity contribution in [3.05, 3.63) is 83.3 Å². The number of rotatable bonds is 3. The predicted molar refractivity (Wildman–Crippen MR) is 88.6 cm³/mol. The third-order valence-electron chi connectivity index (χ3n) is 3.25. The molecule has 0 unspecified atom stereocenters. The lowest BCUT2D eigenvalue weighted by Gasteiger charge is -2.15. The second-order valence-electron chi connectivity index (χ2n) is 4.64. The topological polar surface area (TPSA) is 34.1 Å². The molecule has 4 heteroatoms. The molecule has 0 amide bonds. The van der Waals surface area contributed by atoms with E-state index in [9.17, 15) is 8.42 Å². The Morgan fingerprint density at radius 2 is 1.43 bits per heavy atom. The molecule has 21 heavy (non-hydrogen) atoms. The van der Waals surface area contributed by atoms with Crippen molar-refractivity contribution < 1.29 is 8.42 Å². The number of hydrogen-bond acceptors (Lipinski definition) is 3. The first-order valence-electron chi connectivity index (χ1n) is 6.57. The van der Waals surface area contributed by atoms with Gasteiger partial charge in [-0.2, -0.15) is 0 Å². The Balaban J connectivity index is 1.93. The first-order chi connectivity index (χ1) is 10.2. The monoisotopic (exact) mass is 314 g/mol. The van der Waals surface area contributed by atoms with E-state index in [4.69, 9.17) is 0 Å². The van der Waals surface area contributed by atoms with Gasteiger partial charge >= 0.3 is 0 Å². The minimum Gasteiger partial charge on any atom is -0.219 e. The first kappa shape index (κ1) is 14.2. The van der Waals surface area contributed by atoms with Crippen LogP contribution in [0.25, 0.3) is 4.91 Å². The van der Waals surface area contributed by atoms with Crippen molar-refractivity contribution >= 4 is 26.5 Å². The number of hydrogen-bond donors (Lipinski definition) is 0. The van der Waals surface area contributed by atoms with Crippen LogP contribution < -0.4 is 0 Å². The highest BCUT2D eigenvalue weighted by Gasteiger charge is 2.22. The summed E-state index contributed by atoms with van der Waals surface area (Å²) >= 11 is 1.56. The van der Waals surface area contributed by atoms with Crippen LogP contribution in [0.2, 0.25) is 0 Å². The summed E-state index contributed by atoms with van der Waals surface area (Å²) < 4.78 is 25.0. The summed E-state index contributed by atoms with van der Waals surface area (Å²) in [6.45, 7) is 0. The molecule has 1 aliphatic rings. The van der Waals surface area contributed by atoms with E-state index in [-0.39, 0.29) is 0 Å². The van der Waals surface area contributed by atoms with Crippen LogP contribution in [0, 0.1) is 0 Å². The Hall–Kier alpha value is -1.78. The fraction of sp³-hybridized carbons (Fsp3) is 0.0588. The number of benzene rings is 2. The molecule has 0 spiro atoms. The van der Waals surface area contributed by atoms with Gasteiger partial charge in [-0.15, -0.1) is 11.8 Å². The van der Waals surface area contributed by atoms with Crippen molar-refractivity contribution in [3.63, 3.8) is 0 Å². The Morgan fingerprint density at radius 1 is 0.810 bits per heavy atom. The van der Waals surface area contributed by atoms with Gasteiger partial charge in [0.1, 0.15) is 0 Å². The second-order valence-corrected chi connectivity index (χ2v) is 7.65. The van der Waals surface area contributed by atoms with Gasteiger partial charge in [0.25, 0.3) is 0 Å². The molecule has 0 atom stereocenters. The van der Waals surface area contributed by atoms with Crippen molar-refractivity contribution in [1.29, 1.82) is 0 Å². The van der Waals surface area contributed by atoms with E-state index in [1.54, 1.807) is 42.1 Å². The molecule has 0 saturated carbocycles. The smallest absolute Gasteiger partial charge is 0.203 e. The zero-order chi connectivity index (χ0) is 14.7. The molecule has 2 aromatic rings. The third-order valence-corrected chi connectivity index (χ3v) is 6.43. The van der Waals surface area contributed by atoms with Crippen LogP contribution in [-0.4, -0.2) is 14.2 Å². The molecule has 2 nitrogen and oxygen atoms in total. The van der Waals surface area contributed by atoms with E-state index in [0.29, 0.717) is 15.6 Å². The molecule has 0 N–H and O–H groups in total. The fourth-order valence-electron chi connectivity index (χ4n) is 2.11. The predicted octanol–water partition coefficient (Wildman–Crippen LogP) is 4.13. The second kappa shape index (κ2) is 5.92. The highest BCUT2D eigenvalue weighted by atomic mass is 32.2. The van der Waals surface area contributed by atoms with Gasteiger partial charge in [0.05, 0.1) is 9.80 Å². The average molecular weight is 314 g/mol. The summed E-state index contributed by atoms with van der Waals surface area (Å²) in [5, 5.41) is 0. The fourth-order valence-corrected chi connectivity index (χ4v) is 4.84. The maximum Gasteiger partial charge on any atom is 0.203 e. The van der Waals surface area contributed by atoms with Gasteiger partial charge in [-0.1, -0.05) is 48.5 Å². The molecule has 1 aliphatic heterocycles. The van der Waals surface area contributed by atoms with Crippen molar-refractivity contribution in [2.45, 2.75) is 4.90 Å². The van der Waals surface area contributed by atoms with Crippen LogP contribution in [0.3, 0.4) is 0 Å². The molecule has 106 valence electrons. The van der Waals surface area contributed by atoms with E-state index in [2.05, 4.69) is 0 Å². The van der Waals surface area contributed by atoms with Gasteiger partial charge in [0, 0.05) is 10.7 Å². The van der Waals surface area contributed by atoms with Crippen molar-refractivity contribution in [3.8, 4) is 0 Å². The van der Waals surface area contributed by atoms with Gasteiger partial charge in [-0.25, -0.2) is 8.42 Å². The van der Waals surface area contributed by atoms with Crippen LogP contribution in [0.1, 0.15) is 5.56 Å². The summed E-state index contributed by atoms with van der Waals surface area (Å²) in [4.78, 5) is 1.91. The van der Waals surface area contributed by atoms with Crippen LogP contribution in [-0.2, 0) is 9.84 Å². The summed E-state index contributed by atoms with van der Waals surface area (Å²) in [7, 11) is -3.37. The Kier molecular flexibility index (Phi) is 3.99. The maximum absolute atomic E-state index is 12.5. The van der Waals surface area contributed by atoms with Gasteiger partial charge < -0.3 is 0 Å². The molecular weight excluding hydrogens is 300 g/mol. The molecule has 0 radical (unpaired) electrons. The SMILES string of the molecule is O=S(=O)(C1=CC=C(c2ccccc2)SC1)c1ccccc1. The van der Waals surface area contributed by atoms with Crippen molar-refractivity contribution in [1.82, 2.24) is 0 Å². The molecular formula is C17H14O2S2. The largest absolute Gasteiger partial charge is 0.219 e. The standard InChI is InChI=1S/C17H14O2S2/c18-21(19,15-9-5-2-6-10-15)16-11-12-17(20-13-16)14-7-3-1-4-8-14/h1-12H,13H2. The van der Waals surface area contributed by atoms with E-state index < -0.39 is 9.84 Å². The number of allylic oxidation sites excluding steroid dienone is 2. The van der Waals surface area contributed by atoms with E-state index in [1.165, 1.54) is 0 Å². The summed E-state index contributed by atoms with van der Waals surface area (Å²) in [6.07, 6.45) is 3.61. The Bertz CT molecular complexity index is 789. The molecule has 3 rings (SSSR count). The molecule has 0 bridgehead atoms. The first-order valence-corrected chi connectivity index (χ1v) is 9.04. The van der Waals surface area contributed by atoms with Gasteiger partial charge in [0.2, 0.25) is 9.84 Å². The molecule has 0 aliphatic carbocycles. The van der Waals surface area contributed by atoms with Crippen LogP contribution in [0.15, 0.2) is 82.6 Å². The highest BCUT2D eigenvalue weighted by Crippen LogP contribution is 2.35. The number of sulfone groups is 1. The highest BCUT2D eigenvalue weighted by molar-refractivity contribution is 8.09. The molecule has 0 aromatic heterocycles. The molecule has 0 saturated heterocycles. The normalized spacial score (nSPS) is 15.2. The van der Waals surface area contributed by atoms with E-state index in [1.807, 2.05) is 42.5 Å². The van der Waals surface area contributed by atoms with Crippen LogP contribution in [0.5, 0.6) is 0 Å². The van der Waals surface area contributed by atoms with E-state index in [0.717, 1.165) is 10.5 Å². The molecule has 1 heterocycles. The van der Waals surface area contributed by atoms with E-state index >= 15 is 0 Å². The third kappa shape index (κ3) is 2.96. The average Bonchev–Trinajstić information content (AvgIpc) is 2.57. The Morgan fingerprint density at radius 3 is 2.00 bits per heavy atom. The zero-order valence-electron chi connectivity index (χ0n) is 11.3. The maximum atomic E-state index is 12.5. The molecule has 0 fully saturated rings. The minimum atomic E-state index is -3.37. The lowest BCUT2D eigenvalue weighted by atomic mass is 10.2. The van der Waals surface area contributed by atoms with Crippen LogP contribution in [0.4, 0.5) is 0 Å². The summed E-state index contributed by atoms with van der Waals surface area (Å²) in [5.41, 5.74) is 1.12. The lowest BCUT2D eigenvalue weighted by Crippen LogP contribution is -2.08. The number of thioether (sulfide) groups is 1. The Labute approximate surface area is 129 Å².